The summed E-state index contributed by atoms with van der Waals surface area (Å²) in [5, 5.41) is 0. The van der Waals surface area contributed by atoms with Crippen molar-refractivity contribution in [2.24, 2.45) is 0 Å². The van der Waals surface area contributed by atoms with E-state index >= 15 is 0 Å². The molecule has 2 heteroatoms. The number of hydrogen-bond acceptors (Lipinski definition) is 0. The average Bonchev–Trinajstić information content (AvgIpc) is 0.918. The molecule has 0 amide bonds. The second-order valence-electron chi connectivity index (χ2n) is 0.707. The first kappa shape index (κ1) is 19.1. The molecule has 0 aromatic carbocycles. The van der Waals surface area contributed by atoms with E-state index in [1.807, 2.05) is 0 Å². The molecule has 0 unspecified atom stereocenters. The molecule has 0 spiro atoms. The fourth-order valence-electron chi connectivity index (χ4n) is 0. The summed E-state index contributed by atoms with van der Waals surface area (Å²) in [6.45, 7) is 4.53. The number of hydrogen-bond donors (Lipinski definition) is 0. The highest BCUT2D eigenvalue weighted by Gasteiger charge is 1.38. The van der Waals surface area contributed by atoms with Crippen LogP contribution in [0.2, 0.25) is 13.1 Å². The Morgan fingerprint density at radius 1 is 1.20 bits per heavy atom. The Kier molecular flexibility index (Phi) is 116. The molecule has 36 valence electrons. The fourth-order valence-corrected chi connectivity index (χ4v) is 0. The van der Waals surface area contributed by atoms with E-state index < -0.39 is 0 Å². The third kappa shape index (κ3) is 633. The van der Waals surface area contributed by atoms with Crippen LogP contribution in [-0.2, 0) is 0 Å². The van der Waals surface area contributed by atoms with Gasteiger partial charge in [0.15, 0.2) is 0 Å². The first-order chi connectivity index (χ1) is 1.41. The van der Waals surface area contributed by atoms with Crippen LogP contribution in [0.1, 0.15) is 7.43 Å². The topological polar surface area (TPSA) is 31.5 Å². The van der Waals surface area contributed by atoms with E-state index in [-0.39, 0.29) is 12.9 Å². The van der Waals surface area contributed by atoms with E-state index in [2.05, 4.69) is 13.1 Å². The Morgan fingerprint density at radius 2 is 1.20 bits per heavy atom. The molecule has 0 aromatic heterocycles. The van der Waals surface area contributed by atoms with Gasteiger partial charge in [0.1, 0.15) is 0 Å². The summed E-state index contributed by atoms with van der Waals surface area (Å²) < 4.78 is 0. The summed E-state index contributed by atoms with van der Waals surface area (Å²) in [5.74, 6) is 0. The van der Waals surface area contributed by atoms with Crippen LogP contribution in [0.15, 0.2) is 0 Å². The van der Waals surface area contributed by atoms with Crippen molar-refractivity contribution in [2.75, 3.05) is 0 Å². The van der Waals surface area contributed by atoms with Crippen LogP contribution in [-0.4, -0.2) is 15.0 Å². The molecule has 0 aliphatic heterocycles. The van der Waals surface area contributed by atoms with Crippen LogP contribution >= 0.6 is 0 Å². The van der Waals surface area contributed by atoms with Crippen molar-refractivity contribution in [3.05, 3.63) is 0 Å². The predicted molar refractivity (Wildman–Crippen MR) is 30.6 cm³/mol. The molecule has 0 aliphatic rings. The summed E-state index contributed by atoms with van der Waals surface area (Å²) >= 11 is 0. The summed E-state index contributed by atoms with van der Waals surface area (Å²) in [4.78, 5) is 0. The molecule has 0 bridgehead atoms. The van der Waals surface area contributed by atoms with Crippen LogP contribution in [0.5, 0.6) is 0 Å². The van der Waals surface area contributed by atoms with Crippen molar-refractivity contribution < 1.29 is 5.48 Å². The van der Waals surface area contributed by atoms with Crippen LogP contribution < -0.4 is 0 Å². The molecule has 0 saturated carbocycles. The molecule has 0 rings (SSSR count). The molecule has 2 N–H and O–H groups in total. The lowest BCUT2D eigenvalue weighted by Crippen LogP contribution is -1.53. The highest BCUT2D eigenvalue weighted by Crippen LogP contribution is 1.36. The van der Waals surface area contributed by atoms with Crippen molar-refractivity contribution in [3.8, 4) is 0 Å². The molecule has 0 fully saturated rings. The second kappa shape index (κ2) is 30.4. The minimum Gasteiger partial charge on any atom is -0.412 e. The van der Waals surface area contributed by atoms with Crippen LogP contribution in [0.3, 0.4) is 0 Å². The van der Waals surface area contributed by atoms with Gasteiger partial charge in [0.25, 0.3) is 0 Å². The average molecular weight is 94.2 g/mol. The van der Waals surface area contributed by atoms with Gasteiger partial charge in [0.2, 0.25) is 0 Å². The Bertz CT molecular complexity index is 6.85. The summed E-state index contributed by atoms with van der Waals surface area (Å²) in [6.07, 6.45) is 0. The van der Waals surface area contributed by atoms with E-state index in [1.54, 1.807) is 0 Å². The van der Waals surface area contributed by atoms with Gasteiger partial charge in [-0.25, -0.2) is 0 Å². The van der Waals surface area contributed by atoms with Gasteiger partial charge < -0.3 is 5.48 Å². The maximum Gasteiger partial charge on any atom is 0.0135 e. The van der Waals surface area contributed by atoms with Gasteiger partial charge in [-0.2, -0.15) is 0 Å². The molecule has 0 heterocycles. The standard InChI is InChI=1S/C2H8Si.CH4.H2O/c1-3-2;;/h3H2,1-2H3;1H4;1H2. The quantitative estimate of drug-likeness (QED) is 0.380. The van der Waals surface area contributed by atoms with Gasteiger partial charge in [-0.05, 0) is 0 Å². The van der Waals surface area contributed by atoms with Gasteiger partial charge in [-0.1, -0.05) is 20.5 Å². The predicted octanol–water partition coefficient (Wildman–Crippen LogP) is 0.0628. The Balaban J connectivity index is -0.0000000200. The summed E-state index contributed by atoms with van der Waals surface area (Å²) in [6, 6.07) is 0. The second-order valence-corrected chi connectivity index (χ2v) is 2.12. The Hall–Kier alpha value is 0.177. The highest BCUT2D eigenvalue weighted by atomic mass is 28.2. The molecule has 0 aromatic rings. The maximum absolute atomic E-state index is 2.26. The van der Waals surface area contributed by atoms with Gasteiger partial charge in [0, 0.05) is 9.52 Å². The fraction of sp³-hybridized carbons (Fsp3) is 1.00. The van der Waals surface area contributed by atoms with Gasteiger partial charge in [0.05, 0.1) is 0 Å². The van der Waals surface area contributed by atoms with E-state index in [4.69, 9.17) is 0 Å². The molecular formula is C3H14OSi. The van der Waals surface area contributed by atoms with E-state index in [0.717, 1.165) is 0 Å². The zero-order valence-corrected chi connectivity index (χ0v) is 4.62. The number of rotatable bonds is 0. The Labute approximate surface area is 36.5 Å². The zero-order chi connectivity index (χ0) is 2.71. The van der Waals surface area contributed by atoms with Crippen molar-refractivity contribution in [1.82, 2.24) is 0 Å². The molecule has 0 radical (unpaired) electrons. The lowest BCUT2D eigenvalue weighted by atomic mass is 11.9. The van der Waals surface area contributed by atoms with Gasteiger partial charge in [-0.15, -0.1) is 0 Å². The summed E-state index contributed by atoms with van der Waals surface area (Å²) in [7, 11) is 0.417. The molecule has 1 nitrogen and oxygen atoms in total. The lowest BCUT2D eigenvalue weighted by Gasteiger charge is -1.45. The SMILES string of the molecule is C.C[SiH2]C.O. The van der Waals surface area contributed by atoms with Crippen molar-refractivity contribution in [2.45, 2.75) is 20.5 Å². The minimum absolute atomic E-state index is 0. The Morgan fingerprint density at radius 3 is 1.20 bits per heavy atom. The monoisotopic (exact) mass is 94.1 g/mol. The van der Waals surface area contributed by atoms with E-state index in [0.29, 0.717) is 9.52 Å². The zero-order valence-electron chi connectivity index (χ0n) is 3.21. The molecular weight excluding hydrogens is 80.1 g/mol. The summed E-state index contributed by atoms with van der Waals surface area (Å²) in [5.41, 5.74) is 0. The van der Waals surface area contributed by atoms with Crippen molar-refractivity contribution in [3.63, 3.8) is 0 Å². The third-order valence-corrected chi connectivity index (χ3v) is 0. The van der Waals surface area contributed by atoms with Crippen LogP contribution in [0.25, 0.3) is 0 Å². The highest BCUT2D eigenvalue weighted by molar-refractivity contribution is 6.31. The van der Waals surface area contributed by atoms with E-state index in [9.17, 15) is 0 Å². The van der Waals surface area contributed by atoms with Crippen molar-refractivity contribution in [1.29, 1.82) is 0 Å². The lowest BCUT2D eigenvalue weighted by molar-refractivity contribution is 0.824. The normalized spacial score (nSPS) is 3.60. The first-order valence-electron chi connectivity index (χ1n) is 1.41. The molecule has 5 heavy (non-hydrogen) atoms. The minimum atomic E-state index is 0. The molecule has 0 atom stereocenters. The smallest absolute Gasteiger partial charge is 0.0135 e. The first-order valence-corrected chi connectivity index (χ1v) is 4.24. The van der Waals surface area contributed by atoms with Crippen LogP contribution in [0, 0.1) is 0 Å². The van der Waals surface area contributed by atoms with Crippen molar-refractivity contribution >= 4 is 9.52 Å². The molecule has 0 aliphatic carbocycles. The third-order valence-electron chi connectivity index (χ3n) is 0. The van der Waals surface area contributed by atoms with Gasteiger partial charge >= 0.3 is 0 Å². The van der Waals surface area contributed by atoms with E-state index in [1.165, 1.54) is 0 Å². The van der Waals surface area contributed by atoms with Gasteiger partial charge in [-0.3, -0.25) is 0 Å². The maximum atomic E-state index is 2.26. The molecule has 0 saturated heterocycles. The largest absolute Gasteiger partial charge is 0.412 e. The van der Waals surface area contributed by atoms with Crippen LogP contribution in [0.4, 0.5) is 0 Å².